The van der Waals surface area contributed by atoms with Gasteiger partial charge in [0.15, 0.2) is 0 Å². The summed E-state index contributed by atoms with van der Waals surface area (Å²) in [6.07, 6.45) is 4.51. The van der Waals surface area contributed by atoms with Crippen molar-refractivity contribution in [1.82, 2.24) is 0 Å². The van der Waals surface area contributed by atoms with Gasteiger partial charge in [-0.05, 0) is 34.3 Å². The summed E-state index contributed by atoms with van der Waals surface area (Å²) in [4.78, 5) is 1.08. The van der Waals surface area contributed by atoms with Gasteiger partial charge in [0.05, 0.1) is 12.4 Å². The van der Waals surface area contributed by atoms with Crippen LogP contribution in [0.4, 0.5) is 0 Å². The molecule has 0 aliphatic carbocycles. The molecule has 1 atom stereocenters. The van der Waals surface area contributed by atoms with E-state index >= 15 is 0 Å². The zero-order valence-electron chi connectivity index (χ0n) is 11.9. The van der Waals surface area contributed by atoms with E-state index in [1.807, 2.05) is 36.4 Å². The first-order valence-corrected chi connectivity index (χ1v) is 7.94. The summed E-state index contributed by atoms with van der Waals surface area (Å²) in [5.74, 6) is 3.22. The Labute approximate surface area is 134 Å². The van der Waals surface area contributed by atoms with E-state index < -0.39 is 13.2 Å². The van der Waals surface area contributed by atoms with Crippen LogP contribution >= 0.6 is 11.8 Å². The van der Waals surface area contributed by atoms with Crippen LogP contribution in [0.2, 0.25) is 0 Å². The lowest BCUT2D eigenvalue weighted by Crippen LogP contribution is -2.28. The topological polar surface area (TPSA) is 49.7 Å². The van der Waals surface area contributed by atoms with Crippen LogP contribution in [0.25, 0.3) is 0 Å². The van der Waals surface area contributed by atoms with Gasteiger partial charge in [-0.15, -0.1) is 18.2 Å². The normalized spacial score (nSPS) is 14.5. The molecule has 0 saturated heterocycles. The molecule has 22 heavy (non-hydrogen) atoms. The average molecular weight is 310 g/mol. The van der Waals surface area contributed by atoms with E-state index in [9.17, 15) is 10.1 Å². The van der Waals surface area contributed by atoms with Crippen molar-refractivity contribution in [3.8, 4) is 12.3 Å². The fraction of sp³-hybridized carbons (Fsp3) is 0.176. The minimum absolute atomic E-state index is 0.411. The third kappa shape index (κ3) is 3.06. The van der Waals surface area contributed by atoms with Crippen molar-refractivity contribution in [2.75, 3.05) is 5.75 Å². The van der Waals surface area contributed by atoms with Gasteiger partial charge >= 0.3 is 7.12 Å². The first-order chi connectivity index (χ1) is 10.7. The molecule has 5 heteroatoms. The molecule has 0 bridgehead atoms. The van der Waals surface area contributed by atoms with Crippen molar-refractivity contribution in [3.63, 3.8) is 0 Å². The van der Waals surface area contributed by atoms with E-state index in [0.717, 1.165) is 27.0 Å². The van der Waals surface area contributed by atoms with Gasteiger partial charge in [-0.1, -0.05) is 36.3 Å². The minimum Gasteiger partial charge on any atom is -0.423 e. The molecule has 0 aromatic heterocycles. The summed E-state index contributed by atoms with van der Waals surface area (Å²) in [5, 5.41) is 20.3. The molecule has 2 aromatic rings. The Kier molecular flexibility index (Phi) is 4.56. The highest BCUT2D eigenvalue weighted by molar-refractivity contribution is 7.99. The van der Waals surface area contributed by atoms with E-state index in [1.165, 1.54) is 0 Å². The maximum absolute atomic E-state index is 10.5. The highest BCUT2D eigenvalue weighted by Gasteiger charge is 2.28. The van der Waals surface area contributed by atoms with Crippen molar-refractivity contribution < 1.29 is 14.8 Å². The molecule has 0 spiro atoms. The maximum Gasteiger partial charge on any atom is 0.491 e. The van der Waals surface area contributed by atoms with Crippen LogP contribution in [0.1, 0.15) is 22.8 Å². The summed E-state index contributed by atoms with van der Waals surface area (Å²) >= 11 is 1.59. The number of aliphatic hydroxyl groups is 1. The van der Waals surface area contributed by atoms with E-state index in [-0.39, 0.29) is 0 Å². The van der Waals surface area contributed by atoms with Gasteiger partial charge in [0.25, 0.3) is 0 Å². The Morgan fingerprint density at radius 2 is 1.95 bits per heavy atom. The molecule has 110 valence electrons. The zero-order valence-corrected chi connectivity index (χ0v) is 12.7. The predicted molar refractivity (Wildman–Crippen MR) is 88.9 cm³/mol. The molecule has 1 aliphatic heterocycles. The molecular weight excluding hydrogens is 295 g/mol. The van der Waals surface area contributed by atoms with Crippen molar-refractivity contribution >= 4 is 24.3 Å². The van der Waals surface area contributed by atoms with Crippen molar-refractivity contribution in [2.24, 2.45) is 0 Å². The number of fused-ring (bicyclic) bond motifs is 1. The molecule has 2 aromatic carbocycles. The summed E-state index contributed by atoms with van der Waals surface area (Å²) in [7, 11) is -0.898. The fourth-order valence-electron chi connectivity index (χ4n) is 2.47. The molecule has 1 aliphatic rings. The van der Waals surface area contributed by atoms with Crippen LogP contribution in [-0.2, 0) is 11.3 Å². The van der Waals surface area contributed by atoms with Gasteiger partial charge in [-0.25, -0.2) is 0 Å². The lowest BCUT2D eigenvalue weighted by Gasteiger charge is -2.13. The Hall–Kier alpha value is -1.71. The smallest absolute Gasteiger partial charge is 0.423 e. The molecule has 1 unspecified atom stereocenters. The monoisotopic (exact) mass is 310 g/mol. The van der Waals surface area contributed by atoms with Gasteiger partial charge < -0.3 is 14.8 Å². The van der Waals surface area contributed by atoms with E-state index in [1.54, 1.807) is 17.8 Å². The second-order valence-electron chi connectivity index (χ2n) is 5.09. The highest BCUT2D eigenvalue weighted by atomic mass is 32.2. The van der Waals surface area contributed by atoms with E-state index in [2.05, 4.69) is 5.92 Å². The average Bonchev–Trinajstić information content (AvgIpc) is 2.93. The summed E-state index contributed by atoms with van der Waals surface area (Å²) < 4.78 is 5.17. The Bertz CT molecular complexity index is 709. The van der Waals surface area contributed by atoms with Crippen molar-refractivity contribution in [3.05, 3.63) is 59.2 Å². The van der Waals surface area contributed by atoms with Crippen molar-refractivity contribution in [2.45, 2.75) is 17.6 Å². The maximum atomic E-state index is 10.5. The number of hydrogen-bond donors (Lipinski definition) is 2. The molecule has 0 amide bonds. The van der Waals surface area contributed by atoms with Gasteiger partial charge in [-0.3, -0.25) is 0 Å². The third-order valence-corrected chi connectivity index (χ3v) is 4.58. The minimum atomic E-state index is -0.898. The van der Waals surface area contributed by atoms with Crippen LogP contribution in [0.3, 0.4) is 0 Å². The first-order valence-electron chi connectivity index (χ1n) is 6.95. The fourth-order valence-corrected chi connectivity index (χ4v) is 3.05. The van der Waals surface area contributed by atoms with E-state index in [0.29, 0.717) is 12.4 Å². The van der Waals surface area contributed by atoms with E-state index in [4.69, 9.17) is 11.1 Å². The first kappa shape index (κ1) is 15.2. The zero-order chi connectivity index (χ0) is 15.5. The Morgan fingerprint density at radius 1 is 1.23 bits per heavy atom. The lowest BCUT2D eigenvalue weighted by atomic mass is 9.78. The molecule has 3 rings (SSSR count). The molecule has 3 nitrogen and oxygen atoms in total. The number of rotatable bonds is 4. The Balaban J connectivity index is 1.80. The molecule has 0 fully saturated rings. The molecule has 0 saturated carbocycles. The van der Waals surface area contributed by atoms with Gasteiger partial charge in [0, 0.05) is 4.90 Å². The van der Waals surface area contributed by atoms with Crippen LogP contribution in [0.15, 0.2) is 47.4 Å². The van der Waals surface area contributed by atoms with Gasteiger partial charge in [0.2, 0.25) is 0 Å². The predicted octanol–water partition coefficient (Wildman–Crippen LogP) is 1.71. The lowest BCUT2D eigenvalue weighted by molar-refractivity contribution is 0.220. The molecule has 0 radical (unpaired) electrons. The summed E-state index contributed by atoms with van der Waals surface area (Å²) in [6, 6.07) is 13.2. The summed E-state index contributed by atoms with van der Waals surface area (Å²) in [6.45, 7) is 0.411. The quantitative estimate of drug-likeness (QED) is 0.513. The number of thioether (sulfide) groups is 1. The Morgan fingerprint density at radius 3 is 2.68 bits per heavy atom. The number of hydrogen-bond acceptors (Lipinski definition) is 4. The SMILES string of the molecule is C#CCSc1ccc(C(O)c2ccc3c(c2)B(O)OC3)cc1. The second kappa shape index (κ2) is 6.59. The van der Waals surface area contributed by atoms with Crippen LogP contribution in [0, 0.1) is 12.3 Å². The second-order valence-corrected chi connectivity index (χ2v) is 6.13. The molecule has 2 N–H and O–H groups in total. The largest absolute Gasteiger partial charge is 0.491 e. The summed E-state index contributed by atoms with van der Waals surface area (Å²) in [5.41, 5.74) is 3.24. The van der Waals surface area contributed by atoms with Crippen molar-refractivity contribution in [1.29, 1.82) is 0 Å². The van der Waals surface area contributed by atoms with Crippen LogP contribution < -0.4 is 5.46 Å². The third-order valence-electron chi connectivity index (χ3n) is 3.67. The van der Waals surface area contributed by atoms with Crippen LogP contribution in [0.5, 0.6) is 0 Å². The molecular formula is C17H15BO3S. The number of terminal acetylenes is 1. The number of benzene rings is 2. The number of aliphatic hydroxyl groups excluding tert-OH is 1. The highest BCUT2D eigenvalue weighted by Crippen LogP contribution is 2.25. The van der Waals surface area contributed by atoms with Crippen LogP contribution in [-0.4, -0.2) is 23.0 Å². The van der Waals surface area contributed by atoms with Gasteiger partial charge in [-0.2, -0.15) is 0 Å². The molecule has 1 heterocycles. The standard InChI is InChI=1S/C17H15BO3S/c1-2-9-22-15-7-5-12(6-8-15)17(19)13-3-4-14-11-21-18(20)16(14)10-13/h1,3-8,10,17,19-20H,9,11H2. The van der Waals surface area contributed by atoms with Gasteiger partial charge in [0.1, 0.15) is 6.10 Å².